The maximum atomic E-state index is 5.84. The third-order valence-electron chi connectivity index (χ3n) is 2.57. The van der Waals surface area contributed by atoms with Gasteiger partial charge in [-0.3, -0.25) is 0 Å². The summed E-state index contributed by atoms with van der Waals surface area (Å²) in [7, 11) is 1.80. The fourth-order valence-corrected chi connectivity index (χ4v) is 5.91. The van der Waals surface area contributed by atoms with Gasteiger partial charge in [0.1, 0.15) is 0 Å². The molecule has 0 amide bonds. The zero-order valence-electron chi connectivity index (χ0n) is 9.06. The van der Waals surface area contributed by atoms with E-state index >= 15 is 0 Å². The molecule has 0 aliphatic carbocycles. The van der Waals surface area contributed by atoms with E-state index < -0.39 is 5.81 Å². The summed E-state index contributed by atoms with van der Waals surface area (Å²) in [4.78, 5) is 0. The molecule has 0 spiro atoms. The molecule has 16 heavy (non-hydrogen) atoms. The lowest BCUT2D eigenvalue weighted by Gasteiger charge is -2.23. The summed E-state index contributed by atoms with van der Waals surface area (Å²) in [5.74, 6) is -2.01. The molecule has 3 heteroatoms. The Kier molecular flexibility index (Phi) is 3.78. The van der Waals surface area contributed by atoms with E-state index in [0.717, 1.165) is 0 Å². The minimum absolute atomic E-state index is 1.30. The Bertz CT molecular complexity index is 405. The van der Waals surface area contributed by atoms with Crippen molar-refractivity contribution in [3.05, 3.63) is 60.7 Å². The van der Waals surface area contributed by atoms with Crippen LogP contribution in [0, 0.1) is 0 Å². The summed E-state index contributed by atoms with van der Waals surface area (Å²) in [6, 6.07) is 20.9. The summed E-state index contributed by atoms with van der Waals surface area (Å²) in [6.07, 6.45) is 0. The SMILES string of the molecule is CO[Si](I)(c1ccccc1)c1ccccc1. The molecule has 0 bridgehead atoms. The van der Waals surface area contributed by atoms with Crippen molar-refractivity contribution in [3.63, 3.8) is 0 Å². The van der Waals surface area contributed by atoms with Crippen LogP contribution >= 0.6 is 21.8 Å². The van der Waals surface area contributed by atoms with Gasteiger partial charge in [-0.1, -0.05) is 82.5 Å². The molecule has 0 aliphatic heterocycles. The molecule has 0 fully saturated rings. The molecule has 2 rings (SSSR count). The normalized spacial score (nSPS) is 11.4. The average molecular weight is 340 g/mol. The molecule has 2 aromatic rings. The zero-order valence-corrected chi connectivity index (χ0v) is 12.2. The maximum Gasteiger partial charge on any atom is 0.323 e. The molecular weight excluding hydrogens is 327 g/mol. The van der Waals surface area contributed by atoms with Crippen molar-refractivity contribution in [2.45, 2.75) is 0 Å². The monoisotopic (exact) mass is 340 g/mol. The molecule has 0 unspecified atom stereocenters. The van der Waals surface area contributed by atoms with Gasteiger partial charge in [-0.2, -0.15) is 0 Å². The predicted molar refractivity (Wildman–Crippen MR) is 78.9 cm³/mol. The van der Waals surface area contributed by atoms with Gasteiger partial charge in [0.05, 0.1) is 0 Å². The van der Waals surface area contributed by atoms with Gasteiger partial charge in [0.2, 0.25) is 0 Å². The molecule has 1 nitrogen and oxygen atoms in total. The van der Waals surface area contributed by atoms with Gasteiger partial charge in [0.15, 0.2) is 0 Å². The van der Waals surface area contributed by atoms with Crippen LogP contribution < -0.4 is 10.4 Å². The molecule has 0 N–H and O–H groups in total. The van der Waals surface area contributed by atoms with Crippen LogP contribution in [0.1, 0.15) is 0 Å². The Hall–Kier alpha value is -0.653. The third kappa shape index (κ3) is 2.21. The van der Waals surface area contributed by atoms with Crippen LogP contribution in [0.3, 0.4) is 0 Å². The Morgan fingerprint density at radius 2 is 1.19 bits per heavy atom. The minimum Gasteiger partial charge on any atom is -0.404 e. The van der Waals surface area contributed by atoms with Gasteiger partial charge in [0, 0.05) is 7.11 Å². The Labute approximate surface area is 110 Å². The molecule has 0 heterocycles. The van der Waals surface area contributed by atoms with Gasteiger partial charge in [0.25, 0.3) is 0 Å². The highest BCUT2D eigenvalue weighted by atomic mass is 127. The number of rotatable bonds is 3. The lowest BCUT2D eigenvalue weighted by molar-refractivity contribution is 0.436. The topological polar surface area (TPSA) is 9.23 Å². The first-order chi connectivity index (χ1) is 7.77. The first-order valence-electron chi connectivity index (χ1n) is 5.12. The lowest BCUT2D eigenvalue weighted by Crippen LogP contribution is -2.54. The Morgan fingerprint density at radius 3 is 1.50 bits per heavy atom. The third-order valence-corrected chi connectivity index (χ3v) is 10.3. The van der Waals surface area contributed by atoms with Crippen LogP contribution in [-0.2, 0) is 4.43 Å². The van der Waals surface area contributed by atoms with Gasteiger partial charge in [-0.05, 0) is 10.4 Å². The van der Waals surface area contributed by atoms with Crippen molar-refractivity contribution >= 4 is 38.0 Å². The fraction of sp³-hybridized carbons (Fsp3) is 0.0769. The van der Waals surface area contributed by atoms with Crippen molar-refractivity contribution in [1.29, 1.82) is 0 Å². The van der Waals surface area contributed by atoms with E-state index in [0.29, 0.717) is 0 Å². The zero-order chi connectivity index (χ0) is 11.4. The predicted octanol–water partition coefficient (Wildman–Crippen LogP) is 2.32. The van der Waals surface area contributed by atoms with Crippen LogP contribution in [0.25, 0.3) is 0 Å². The van der Waals surface area contributed by atoms with Gasteiger partial charge < -0.3 is 4.43 Å². The molecule has 0 radical (unpaired) electrons. The molecular formula is C13H13IOSi. The quantitative estimate of drug-likeness (QED) is 0.473. The van der Waals surface area contributed by atoms with E-state index in [1.165, 1.54) is 10.4 Å². The second-order valence-corrected chi connectivity index (χ2v) is 10.8. The smallest absolute Gasteiger partial charge is 0.323 e. The highest BCUT2D eigenvalue weighted by Gasteiger charge is 2.35. The number of benzene rings is 2. The van der Waals surface area contributed by atoms with Crippen LogP contribution in [0.2, 0.25) is 0 Å². The lowest BCUT2D eigenvalue weighted by atomic mass is 10.4. The van der Waals surface area contributed by atoms with Crippen molar-refractivity contribution < 1.29 is 4.43 Å². The van der Waals surface area contributed by atoms with Gasteiger partial charge in [-0.25, -0.2) is 0 Å². The summed E-state index contributed by atoms with van der Waals surface area (Å²) < 4.78 is 5.84. The molecule has 2 aromatic carbocycles. The Balaban J connectivity index is 2.49. The summed E-state index contributed by atoms with van der Waals surface area (Å²) >= 11 is 2.49. The summed E-state index contributed by atoms with van der Waals surface area (Å²) in [5, 5.41) is 2.59. The van der Waals surface area contributed by atoms with Gasteiger partial charge in [-0.15, -0.1) is 0 Å². The molecule has 0 aliphatic rings. The second-order valence-electron chi connectivity index (χ2n) is 3.53. The highest BCUT2D eigenvalue weighted by molar-refractivity contribution is 14.1. The van der Waals surface area contributed by atoms with Crippen molar-refractivity contribution in [2.75, 3.05) is 7.11 Å². The highest BCUT2D eigenvalue weighted by Crippen LogP contribution is 2.14. The number of hydrogen-bond acceptors (Lipinski definition) is 1. The van der Waals surface area contributed by atoms with Crippen molar-refractivity contribution in [3.8, 4) is 0 Å². The van der Waals surface area contributed by atoms with Gasteiger partial charge >= 0.3 is 5.81 Å². The van der Waals surface area contributed by atoms with Crippen molar-refractivity contribution in [2.24, 2.45) is 0 Å². The van der Waals surface area contributed by atoms with E-state index in [-0.39, 0.29) is 0 Å². The van der Waals surface area contributed by atoms with E-state index in [4.69, 9.17) is 4.43 Å². The van der Waals surface area contributed by atoms with E-state index in [9.17, 15) is 0 Å². The molecule has 0 aromatic heterocycles. The largest absolute Gasteiger partial charge is 0.404 e. The van der Waals surface area contributed by atoms with Crippen LogP contribution in [0.4, 0.5) is 0 Å². The molecule has 0 saturated heterocycles. The molecule has 82 valence electrons. The van der Waals surface area contributed by atoms with E-state index in [1.54, 1.807) is 7.11 Å². The fourth-order valence-electron chi connectivity index (χ4n) is 1.71. The number of halogens is 1. The first-order valence-corrected chi connectivity index (χ1v) is 10.1. The van der Waals surface area contributed by atoms with Crippen LogP contribution in [-0.4, -0.2) is 12.9 Å². The minimum atomic E-state index is -2.01. The average Bonchev–Trinajstić information content (AvgIpc) is 2.40. The maximum absolute atomic E-state index is 5.84. The van der Waals surface area contributed by atoms with E-state index in [2.05, 4.69) is 70.3 Å². The molecule has 0 saturated carbocycles. The van der Waals surface area contributed by atoms with Crippen LogP contribution in [0.5, 0.6) is 0 Å². The van der Waals surface area contributed by atoms with E-state index in [1.807, 2.05) is 12.1 Å². The summed E-state index contributed by atoms with van der Waals surface area (Å²) in [6.45, 7) is 0. The Morgan fingerprint density at radius 1 is 0.812 bits per heavy atom. The van der Waals surface area contributed by atoms with Crippen LogP contribution in [0.15, 0.2) is 60.7 Å². The number of hydrogen-bond donors (Lipinski definition) is 0. The second kappa shape index (κ2) is 5.12. The molecule has 0 atom stereocenters. The standard InChI is InChI=1S/C13H13IOSi/c1-15-16(14,12-8-4-2-5-9-12)13-10-6-3-7-11-13/h2-11H,1H3. The van der Waals surface area contributed by atoms with Crippen molar-refractivity contribution in [1.82, 2.24) is 0 Å². The summed E-state index contributed by atoms with van der Waals surface area (Å²) in [5.41, 5.74) is 0. The first kappa shape index (κ1) is 11.8.